The molecular weight excluding hydrogens is 134 g/mol. The minimum atomic E-state index is 0.770. The molecule has 1 nitrogen and oxygen atoms in total. The first-order chi connectivity index (χ1) is 5.43. The summed E-state index contributed by atoms with van der Waals surface area (Å²) >= 11 is 0. The molecule has 3 rings (SSSR count). The fraction of sp³-hybridized carbons (Fsp3) is 0.900. The molecule has 0 aromatic heterocycles. The molecule has 0 aromatic rings. The molecule has 3 aliphatic rings. The molecule has 3 saturated carbocycles. The first kappa shape index (κ1) is 6.22. The van der Waals surface area contributed by atoms with Crippen molar-refractivity contribution >= 4 is 5.71 Å². The molecule has 60 valence electrons. The number of hydrogen-bond donors (Lipinski definition) is 0. The molecule has 11 heavy (non-hydrogen) atoms. The van der Waals surface area contributed by atoms with E-state index < -0.39 is 0 Å². The lowest BCUT2D eigenvalue weighted by Crippen LogP contribution is -2.33. The van der Waals surface area contributed by atoms with E-state index in [1.807, 2.05) is 0 Å². The minimum Gasteiger partial charge on any atom is -0.291 e. The molecule has 3 aliphatic carbocycles. The van der Waals surface area contributed by atoms with Crippen LogP contribution in [0.4, 0.5) is 0 Å². The Hall–Kier alpha value is -0.330. The molecule has 0 aliphatic heterocycles. The second-order valence-corrected chi connectivity index (χ2v) is 4.35. The van der Waals surface area contributed by atoms with E-state index in [0.717, 1.165) is 17.9 Å². The van der Waals surface area contributed by atoms with Crippen molar-refractivity contribution < 1.29 is 0 Å². The summed E-state index contributed by atoms with van der Waals surface area (Å²) in [4.78, 5) is 4.75. The summed E-state index contributed by atoms with van der Waals surface area (Å²) in [5.41, 5.74) is 1.59. The number of rotatable bonds is 1. The zero-order chi connectivity index (χ0) is 7.26. The SMILES string of the molecule is C1C[C@@H]2CC(=NC3CC3)[C@@H]2C1. The second-order valence-electron chi connectivity index (χ2n) is 4.35. The minimum absolute atomic E-state index is 0.770. The predicted octanol–water partition coefficient (Wildman–Crippen LogP) is 2.41. The fourth-order valence-electron chi connectivity index (χ4n) is 2.57. The molecule has 2 atom stereocenters. The molecular formula is C10H15N. The van der Waals surface area contributed by atoms with Crippen LogP contribution in [0.25, 0.3) is 0 Å². The lowest BCUT2D eigenvalue weighted by Gasteiger charge is -2.32. The van der Waals surface area contributed by atoms with Crippen LogP contribution in [0.3, 0.4) is 0 Å². The Morgan fingerprint density at radius 3 is 2.73 bits per heavy atom. The van der Waals surface area contributed by atoms with Gasteiger partial charge in [0, 0.05) is 11.6 Å². The molecule has 0 aromatic carbocycles. The van der Waals surface area contributed by atoms with E-state index in [-0.39, 0.29) is 0 Å². The molecule has 0 saturated heterocycles. The van der Waals surface area contributed by atoms with Gasteiger partial charge >= 0.3 is 0 Å². The van der Waals surface area contributed by atoms with Crippen LogP contribution >= 0.6 is 0 Å². The number of fused-ring (bicyclic) bond motifs is 1. The topological polar surface area (TPSA) is 12.4 Å². The van der Waals surface area contributed by atoms with Crippen LogP contribution in [0.5, 0.6) is 0 Å². The van der Waals surface area contributed by atoms with Gasteiger partial charge in [0.25, 0.3) is 0 Å². The van der Waals surface area contributed by atoms with Gasteiger partial charge in [0.05, 0.1) is 6.04 Å². The van der Waals surface area contributed by atoms with E-state index in [9.17, 15) is 0 Å². The van der Waals surface area contributed by atoms with Gasteiger partial charge in [0.15, 0.2) is 0 Å². The van der Waals surface area contributed by atoms with Crippen LogP contribution < -0.4 is 0 Å². The highest BCUT2D eigenvalue weighted by Gasteiger charge is 2.41. The maximum Gasteiger partial charge on any atom is 0.0500 e. The fourth-order valence-corrected chi connectivity index (χ4v) is 2.57. The van der Waals surface area contributed by atoms with Crippen molar-refractivity contribution in [1.82, 2.24) is 0 Å². The largest absolute Gasteiger partial charge is 0.291 e. The van der Waals surface area contributed by atoms with Gasteiger partial charge in [0.1, 0.15) is 0 Å². The maximum atomic E-state index is 4.75. The van der Waals surface area contributed by atoms with E-state index in [4.69, 9.17) is 4.99 Å². The molecule has 0 heterocycles. The zero-order valence-corrected chi connectivity index (χ0v) is 6.92. The lowest BCUT2D eigenvalue weighted by atomic mass is 9.74. The zero-order valence-electron chi connectivity index (χ0n) is 6.92. The van der Waals surface area contributed by atoms with E-state index in [1.165, 1.54) is 38.5 Å². The molecule has 0 radical (unpaired) electrons. The molecule has 3 fully saturated rings. The van der Waals surface area contributed by atoms with Crippen LogP contribution in [-0.4, -0.2) is 11.8 Å². The average Bonchev–Trinajstić information content (AvgIpc) is 2.71. The van der Waals surface area contributed by atoms with E-state index in [1.54, 1.807) is 5.71 Å². The normalized spacial score (nSPS) is 45.6. The number of aliphatic imine (C=N–C) groups is 1. The van der Waals surface area contributed by atoms with Gasteiger partial charge in [-0.2, -0.15) is 0 Å². The summed E-state index contributed by atoms with van der Waals surface area (Å²) < 4.78 is 0. The van der Waals surface area contributed by atoms with Gasteiger partial charge in [-0.3, -0.25) is 4.99 Å². The standard InChI is InChI=1S/C10H15N/c1-2-7-6-10(9(7)3-1)11-8-4-5-8/h7-9H,1-6H2/t7-,9-/m1/s1. The van der Waals surface area contributed by atoms with Crippen molar-refractivity contribution in [2.75, 3.05) is 0 Å². The monoisotopic (exact) mass is 149 g/mol. The molecule has 0 N–H and O–H groups in total. The molecule has 0 spiro atoms. The van der Waals surface area contributed by atoms with Crippen molar-refractivity contribution in [2.45, 2.75) is 44.6 Å². The first-order valence-corrected chi connectivity index (χ1v) is 5.00. The van der Waals surface area contributed by atoms with Crippen LogP contribution in [0, 0.1) is 11.8 Å². The summed E-state index contributed by atoms with van der Waals surface area (Å²) in [6.45, 7) is 0. The van der Waals surface area contributed by atoms with Crippen molar-refractivity contribution in [2.24, 2.45) is 16.8 Å². The van der Waals surface area contributed by atoms with E-state index in [2.05, 4.69) is 0 Å². The molecule has 0 amide bonds. The van der Waals surface area contributed by atoms with Gasteiger partial charge in [-0.15, -0.1) is 0 Å². The van der Waals surface area contributed by atoms with Gasteiger partial charge < -0.3 is 0 Å². The quantitative estimate of drug-likeness (QED) is 0.543. The smallest absolute Gasteiger partial charge is 0.0500 e. The third kappa shape index (κ3) is 0.935. The van der Waals surface area contributed by atoms with Crippen LogP contribution in [0.2, 0.25) is 0 Å². The summed E-state index contributed by atoms with van der Waals surface area (Å²) in [5.74, 6) is 2.02. The third-order valence-electron chi connectivity index (χ3n) is 3.45. The van der Waals surface area contributed by atoms with E-state index in [0.29, 0.717) is 0 Å². The Kier molecular flexibility index (Phi) is 1.18. The highest BCUT2D eigenvalue weighted by atomic mass is 14.9. The molecule has 1 heteroatoms. The second kappa shape index (κ2) is 2.09. The molecule has 0 bridgehead atoms. The predicted molar refractivity (Wildman–Crippen MR) is 45.9 cm³/mol. The van der Waals surface area contributed by atoms with Gasteiger partial charge in [-0.1, -0.05) is 6.42 Å². The third-order valence-corrected chi connectivity index (χ3v) is 3.45. The first-order valence-electron chi connectivity index (χ1n) is 5.00. The summed E-state index contributed by atoms with van der Waals surface area (Å²) in [6.07, 6.45) is 8.53. The Morgan fingerprint density at radius 1 is 1.09 bits per heavy atom. The highest BCUT2D eigenvalue weighted by molar-refractivity contribution is 5.93. The van der Waals surface area contributed by atoms with Crippen LogP contribution in [0.15, 0.2) is 4.99 Å². The van der Waals surface area contributed by atoms with Crippen LogP contribution in [0.1, 0.15) is 38.5 Å². The Morgan fingerprint density at radius 2 is 2.00 bits per heavy atom. The Balaban J connectivity index is 1.72. The Labute approximate surface area is 67.9 Å². The van der Waals surface area contributed by atoms with Gasteiger partial charge in [-0.05, 0) is 38.0 Å². The summed E-state index contributed by atoms with van der Waals surface area (Å²) in [6, 6.07) is 0.770. The van der Waals surface area contributed by atoms with Crippen molar-refractivity contribution in [1.29, 1.82) is 0 Å². The van der Waals surface area contributed by atoms with Gasteiger partial charge in [0.2, 0.25) is 0 Å². The van der Waals surface area contributed by atoms with Crippen LogP contribution in [-0.2, 0) is 0 Å². The maximum absolute atomic E-state index is 4.75. The van der Waals surface area contributed by atoms with Gasteiger partial charge in [-0.25, -0.2) is 0 Å². The highest BCUT2D eigenvalue weighted by Crippen LogP contribution is 2.45. The number of nitrogens with zero attached hydrogens (tertiary/aromatic N) is 1. The average molecular weight is 149 g/mol. The molecule has 0 unspecified atom stereocenters. The van der Waals surface area contributed by atoms with Crippen molar-refractivity contribution in [3.05, 3.63) is 0 Å². The van der Waals surface area contributed by atoms with Crippen molar-refractivity contribution in [3.63, 3.8) is 0 Å². The summed E-state index contributed by atoms with van der Waals surface area (Å²) in [5, 5.41) is 0. The van der Waals surface area contributed by atoms with E-state index >= 15 is 0 Å². The Bertz CT molecular complexity index is 203. The summed E-state index contributed by atoms with van der Waals surface area (Å²) in [7, 11) is 0. The van der Waals surface area contributed by atoms with Crippen molar-refractivity contribution in [3.8, 4) is 0 Å². The number of hydrogen-bond acceptors (Lipinski definition) is 1. The lowest BCUT2D eigenvalue weighted by molar-refractivity contribution is 0.415.